The highest BCUT2D eigenvalue weighted by atomic mass is 32.2. The first kappa shape index (κ1) is 18.8. The van der Waals surface area contributed by atoms with Crippen molar-refractivity contribution in [2.45, 2.75) is 11.3 Å². The Bertz CT molecular complexity index is 1030. The van der Waals surface area contributed by atoms with Gasteiger partial charge in [0.15, 0.2) is 0 Å². The first-order valence-electron chi connectivity index (χ1n) is 8.39. The van der Waals surface area contributed by atoms with Crippen molar-refractivity contribution in [3.63, 3.8) is 0 Å². The van der Waals surface area contributed by atoms with Gasteiger partial charge in [-0.05, 0) is 40.8 Å². The molecule has 0 saturated carbocycles. The quantitative estimate of drug-likeness (QED) is 0.658. The summed E-state index contributed by atoms with van der Waals surface area (Å²) in [5, 5.41) is 8.74. The van der Waals surface area contributed by atoms with Crippen LogP contribution in [0.3, 0.4) is 0 Å². The van der Waals surface area contributed by atoms with Crippen LogP contribution in [0, 0.1) is 0 Å². The fraction of sp³-hybridized carbons (Fsp3) is 0.0952. The lowest BCUT2D eigenvalue weighted by Crippen LogP contribution is -2.29. The number of hydrogen-bond donors (Lipinski definition) is 2. The first-order valence-corrected chi connectivity index (χ1v) is 9.88. The normalized spacial score (nSPS) is 11.3. The van der Waals surface area contributed by atoms with Gasteiger partial charge in [-0.25, -0.2) is 8.42 Å². The monoisotopic (exact) mass is 381 g/mol. The molecule has 27 heavy (non-hydrogen) atoms. The molecule has 3 aromatic rings. The van der Waals surface area contributed by atoms with E-state index in [0.29, 0.717) is 6.42 Å². The summed E-state index contributed by atoms with van der Waals surface area (Å²) in [6.07, 6.45) is 0.563. The van der Waals surface area contributed by atoms with E-state index in [1.807, 2.05) is 60.7 Å². The molecule has 5 nitrogen and oxygen atoms in total. The minimum Gasteiger partial charge on any atom is -0.480 e. The molecule has 0 atom stereocenters. The minimum absolute atomic E-state index is 0.0503. The second-order valence-electron chi connectivity index (χ2n) is 6.07. The average molecular weight is 381 g/mol. The van der Waals surface area contributed by atoms with Crippen LogP contribution < -0.4 is 4.72 Å². The fourth-order valence-electron chi connectivity index (χ4n) is 2.84. The van der Waals surface area contributed by atoms with Gasteiger partial charge in [-0.3, -0.25) is 4.79 Å². The van der Waals surface area contributed by atoms with E-state index in [1.54, 1.807) is 12.1 Å². The van der Waals surface area contributed by atoms with Gasteiger partial charge >= 0.3 is 5.97 Å². The molecule has 0 bridgehead atoms. The topological polar surface area (TPSA) is 83.5 Å². The molecule has 2 N–H and O–H groups in total. The second kappa shape index (κ2) is 8.16. The number of benzene rings is 3. The number of sulfonamides is 1. The van der Waals surface area contributed by atoms with Crippen LogP contribution in [0.4, 0.5) is 0 Å². The molecule has 0 amide bonds. The third-order valence-corrected chi connectivity index (χ3v) is 5.52. The van der Waals surface area contributed by atoms with Gasteiger partial charge in [0.1, 0.15) is 6.54 Å². The number of carboxylic acids is 1. The van der Waals surface area contributed by atoms with E-state index in [0.717, 1.165) is 22.3 Å². The third-order valence-electron chi connectivity index (χ3n) is 4.12. The molecule has 0 radical (unpaired) electrons. The van der Waals surface area contributed by atoms with Crippen molar-refractivity contribution in [3.05, 3.63) is 90.0 Å². The van der Waals surface area contributed by atoms with Crippen molar-refractivity contribution in [2.75, 3.05) is 6.54 Å². The van der Waals surface area contributed by atoms with Crippen LogP contribution in [0.2, 0.25) is 0 Å². The lowest BCUT2D eigenvalue weighted by molar-refractivity contribution is -0.135. The highest BCUT2D eigenvalue weighted by molar-refractivity contribution is 7.89. The number of aliphatic carboxylic acids is 1. The zero-order valence-corrected chi connectivity index (χ0v) is 15.3. The van der Waals surface area contributed by atoms with Gasteiger partial charge in [0.25, 0.3) is 0 Å². The number of hydrogen-bond acceptors (Lipinski definition) is 3. The van der Waals surface area contributed by atoms with Crippen molar-refractivity contribution in [3.8, 4) is 11.1 Å². The number of rotatable bonds is 7. The summed E-state index contributed by atoms with van der Waals surface area (Å²) in [5.41, 5.74) is 3.84. The van der Waals surface area contributed by atoms with Crippen molar-refractivity contribution in [1.29, 1.82) is 0 Å². The van der Waals surface area contributed by atoms with Gasteiger partial charge in [-0.2, -0.15) is 4.72 Å². The number of carboxylic acid groups (broad SMARTS) is 1. The average Bonchev–Trinajstić information content (AvgIpc) is 2.68. The third kappa shape index (κ3) is 4.81. The van der Waals surface area contributed by atoms with Crippen LogP contribution in [-0.2, 0) is 21.2 Å². The lowest BCUT2D eigenvalue weighted by Gasteiger charge is -2.13. The van der Waals surface area contributed by atoms with Gasteiger partial charge in [-0.15, -0.1) is 0 Å². The van der Waals surface area contributed by atoms with Gasteiger partial charge in [-0.1, -0.05) is 66.7 Å². The van der Waals surface area contributed by atoms with Crippen LogP contribution >= 0.6 is 0 Å². The van der Waals surface area contributed by atoms with Crippen molar-refractivity contribution in [1.82, 2.24) is 4.72 Å². The molecule has 0 aliphatic carbocycles. The van der Waals surface area contributed by atoms with E-state index < -0.39 is 22.5 Å². The molecule has 0 aliphatic heterocycles. The molecule has 138 valence electrons. The molecule has 0 unspecified atom stereocenters. The molecule has 3 aromatic carbocycles. The van der Waals surface area contributed by atoms with E-state index in [4.69, 9.17) is 5.11 Å². The zero-order valence-electron chi connectivity index (χ0n) is 14.5. The Balaban J connectivity index is 2.04. The fourth-order valence-corrected chi connectivity index (χ4v) is 3.86. The summed E-state index contributed by atoms with van der Waals surface area (Å²) in [6.45, 7) is -0.656. The molecule has 6 heteroatoms. The number of nitrogens with one attached hydrogen (secondary N) is 1. The predicted octanol–water partition coefficient (Wildman–Crippen LogP) is 3.31. The molecule has 3 rings (SSSR count). The summed E-state index contributed by atoms with van der Waals surface area (Å²) >= 11 is 0. The van der Waals surface area contributed by atoms with Gasteiger partial charge in [0.05, 0.1) is 4.90 Å². The summed E-state index contributed by atoms with van der Waals surface area (Å²) in [4.78, 5) is 10.7. The SMILES string of the molecule is O=C(O)CNS(=O)(=O)c1ccc(-c2ccccc2)c(Cc2ccccc2)c1. The largest absolute Gasteiger partial charge is 0.480 e. The van der Waals surface area contributed by atoms with Gasteiger partial charge in [0.2, 0.25) is 10.0 Å². The maximum absolute atomic E-state index is 12.4. The Kier molecular flexibility index (Phi) is 5.69. The molecule has 0 aromatic heterocycles. The van der Waals surface area contributed by atoms with Crippen LogP contribution in [-0.4, -0.2) is 26.0 Å². The van der Waals surface area contributed by atoms with Gasteiger partial charge in [0, 0.05) is 0 Å². The molecule has 0 fully saturated rings. The van der Waals surface area contributed by atoms with Crippen LogP contribution in [0.15, 0.2) is 83.8 Å². The second-order valence-corrected chi connectivity index (χ2v) is 7.83. The maximum atomic E-state index is 12.4. The first-order chi connectivity index (χ1) is 13.0. The van der Waals surface area contributed by atoms with Crippen LogP contribution in [0.5, 0.6) is 0 Å². The van der Waals surface area contributed by atoms with E-state index in [2.05, 4.69) is 4.72 Å². The Hall–Kier alpha value is -2.96. The summed E-state index contributed by atoms with van der Waals surface area (Å²) in [6, 6.07) is 24.4. The lowest BCUT2D eigenvalue weighted by atomic mass is 9.95. The molecule has 0 heterocycles. The molecule has 0 aliphatic rings. The molecular weight excluding hydrogens is 362 g/mol. The summed E-state index contributed by atoms with van der Waals surface area (Å²) in [5.74, 6) is -1.23. The van der Waals surface area contributed by atoms with E-state index in [1.165, 1.54) is 6.07 Å². The molecule has 0 saturated heterocycles. The Morgan fingerprint density at radius 1 is 0.889 bits per heavy atom. The van der Waals surface area contributed by atoms with Crippen molar-refractivity contribution >= 4 is 16.0 Å². The summed E-state index contributed by atoms with van der Waals surface area (Å²) in [7, 11) is -3.90. The zero-order chi connectivity index (χ0) is 19.3. The number of carbonyl (C=O) groups is 1. The van der Waals surface area contributed by atoms with Crippen LogP contribution in [0.25, 0.3) is 11.1 Å². The van der Waals surface area contributed by atoms with Crippen molar-refractivity contribution < 1.29 is 18.3 Å². The maximum Gasteiger partial charge on any atom is 0.318 e. The smallest absolute Gasteiger partial charge is 0.318 e. The Morgan fingerprint density at radius 2 is 1.52 bits per heavy atom. The highest BCUT2D eigenvalue weighted by Crippen LogP contribution is 2.28. The summed E-state index contributed by atoms with van der Waals surface area (Å²) < 4.78 is 26.9. The van der Waals surface area contributed by atoms with E-state index >= 15 is 0 Å². The standard InChI is InChI=1S/C21H19NO4S/c23-21(24)15-22-27(25,26)19-11-12-20(17-9-5-2-6-10-17)18(14-19)13-16-7-3-1-4-8-16/h1-12,14,22H,13,15H2,(H,23,24). The van der Waals surface area contributed by atoms with E-state index in [-0.39, 0.29) is 4.90 Å². The minimum atomic E-state index is -3.90. The molecular formula is C21H19NO4S. The van der Waals surface area contributed by atoms with Crippen LogP contribution in [0.1, 0.15) is 11.1 Å². The molecule has 0 spiro atoms. The van der Waals surface area contributed by atoms with Gasteiger partial charge < -0.3 is 5.11 Å². The Labute approximate surface area is 158 Å². The van der Waals surface area contributed by atoms with Crippen molar-refractivity contribution in [2.24, 2.45) is 0 Å². The predicted molar refractivity (Wildman–Crippen MR) is 104 cm³/mol. The Morgan fingerprint density at radius 3 is 2.15 bits per heavy atom. The van der Waals surface area contributed by atoms with E-state index in [9.17, 15) is 13.2 Å². The highest BCUT2D eigenvalue weighted by Gasteiger charge is 2.18.